The molecule has 0 spiro atoms. The van der Waals surface area contributed by atoms with Crippen LogP contribution in [0, 0.1) is 0 Å². The van der Waals surface area contributed by atoms with Crippen molar-refractivity contribution in [3.8, 4) is 44.5 Å². The summed E-state index contributed by atoms with van der Waals surface area (Å²) in [6.07, 6.45) is 0.996. The van der Waals surface area contributed by atoms with Gasteiger partial charge < -0.3 is 0 Å². The Kier molecular flexibility index (Phi) is 6.99. The Morgan fingerprint density at radius 3 is 1.60 bits per heavy atom. The van der Waals surface area contributed by atoms with Gasteiger partial charge in [-0.25, -0.2) is 0 Å². The summed E-state index contributed by atoms with van der Waals surface area (Å²) >= 11 is 0. The average Bonchev–Trinajstić information content (AvgIpc) is 3.50. The molecule has 0 amide bonds. The van der Waals surface area contributed by atoms with Crippen molar-refractivity contribution in [2.45, 2.75) is 46.5 Å². The van der Waals surface area contributed by atoms with Crippen molar-refractivity contribution in [1.29, 1.82) is 0 Å². The molecular formula is C47H40. The molecule has 228 valence electrons. The van der Waals surface area contributed by atoms with Gasteiger partial charge in [-0.05, 0) is 111 Å². The third kappa shape index (κ3) is 4.74. The summed E-state index contributed by atoms with van der Waals surface area (Å²) in [6.45, 7) is 10.9. The second-order valence-electron chi connectivity index (χ2n) is 13.7. The summed E-state index contributed by atoms with van der Waals surface area (Å²) in [5.74, 6) is 0. The van der Waals surface area contributed by atoms with Gasteiger partial charge in [0.05, 0.1) is 0 Å². The molecule has 0 saturated heterocycles. The molecule has 0 fully saturated rings. The first kappa shape index (κ1) is 29.2. The molecule has 0 radical (unpaired) electrons. The van der Waals surface area contributed by atoms with E-state index in [0.29, 0.717) is 0 Å². The third-order valence-corrected chi connectivity index (χ3v) is 10.0. The van der Waals surface area contributed by atoms with Gasteiger partial charge in [-0.15, -0.1) is 0 Å². The highest BCUT2D eigenvalue weighted by molar-refractivity contribution is 6.28. The molecule has 0 N–H and O–H groups in total. The lowest BCUT2D eigenvalue weighted by Crippen LogP contribution is -2.10. The predicted molar refractivity (Wildman–Crippen MR) is 205 cm³/mol. The summed E-state index contributed by atoms with van der Waals surface area (Å²) < 4.78 is 0. The lowest BCUT2D eigenvalue weighted by molar-refractivity contribution is 0.591. The van der Waals surface area contributed by atoms with Crippen molar-refractivity contribution in [2.24, 2.45) is 0 Å². The van der Waals surface area contributed by atoms with Crippen LogP contribution in [0.4, 0.5) is 0 Å². The van der Waals surface area contributed by atoms with Crippen LogP contribution in [-0.2, 0) is 11.8 Å². The lowest BCUT2D eigenvalue weighted by atomic mass is 9.81. The molecule has 9 rings (SSSR count). The van der Waals surface area contributed by atoms with Gasteiger partial charge in [0.25, 0.3) is 0 Å². The minimum absolute atomic E-state index is 0.0915. The van der Waals surface area contributed by atoms with Gasteiger partial charge in [0.1, 0.15) is 0 Å². The zero-order valence-electron chi connectivity index (χ0n) is 28.0. The smallest absolute Gasteiger partial charge is 0.000729 e. The minimum atomic E-state index is 0.0915. The maximum Gasteiger partial charge on any atom is -0.000729 e. The van der Waals surface area contributed by atoms with Crippen LogP contribution >= 0.6 is 0 Å². The maximum absolute atomic E-state index is 2.42. The number of hydrogen-bond acceptors (Lipinski definition) is 0. The van der Waals surface area contributed by atoms with Crippen LogP contribution in [0.1, 0.15) is 51.3 Å². The van der Waals surface area contributed by atoms with E-state index in [9.17, 15) is 0 Å². The molecule has 0 heteroatoms. The zero-order valence-corrected chi connectivity index (χ0v) is 28.0. The zero-order chi connectivity index (χ0) is 32.3. The summed E-state index contributed by atoms with van der Waals surface area (Å²) in [4.78, 5) is 0. The van der Waals surface area contributed by atoms with Crippen LogP contribution in [0.15, 0.2) is 140 Å². The van der Waals surface area contributed by atoms with Crippen LogP contribution < -0.4 is 0 Å². The number of benzene rings is 8. The van der Waals surface area contributed by atoms with Crippen LogP contribution in [0.25, 0.3) is 76.8 Å². The van der Waals surface area contributed by atoms with Gasteiger partial charge in [0.15, 0.2) is 0 Å². The van der Waals surface area contributed by atoms with Crippen LogP contribution in [0.2, 0.25) is 0 Å². The Labute approximate surface area is 278 Å². The van der Waals surface area contributed by atoms with E-state index in [1.54, 1.807) is 0 Å². The fourth-order valence-electron chi connectivity index (χ4n) is 7.70. The SMILES string of the molecule is CC.CC(C)(C)c1cc2ccc3c(-c4ccccc4)cc(-c4ccc(-c5cccc6c5Cc5ccccc5-6)cc4)c4ccc(c1)c2c34. The highest BCUT2D eigenvalue weighted by atomic mass is 14.3. The van der Waals surface area contributed by atoms with Gasteiger partial charge in [-0.3, -0.25) is 0 Å². The van der Waals surface area contributed by atoms with Gasteiger partial charge in [0, 0.05) is 0 Å². The van der Waals surface area contributed by atoms with Gasteiger partial charge >= 0.3 is 0 Å². The first-order valence-electron chi connectivity index (χ1n) is 17.1. The molecule has 8 aromatic carbocycles. The first-order chi connectivity index (χ1) is 22.9. The van der Waals surface area contributed by atoms with Crippen LogP contribution in [0.5, 0.6) is 0 Å². The predicted octanol–water partition coefficient (Wildman–Crippen LogP) is 13.5. The number of hydrogen-bond donors (Lipinski definition) is 0. The molecule has 0 aliphatic heterocycles. The first-order valence-corrected chi connectivity index (χ1v) is 17.1. The molecular weight excluding hydrogens is 565 g/mol. The summed E-state index contributed by atoms with van der Waals surface area (Å²) in [6, 6.07) is 52.4. The summed E-state index contributed by atoms with van der Waals surface area (Å²) in [5.41, 5.74) is 14.8. The van der Waals surface area contributed by atoms with E-state index in [1.165, 1.54) is 93.5 Å². The van der Waals surface area contributed by atoms with Gasteiger partial charge in [-0.2, -0.15) is 0 Å². The number of rotatable bonds is 3. The third-order valence-electron chi connectivity index (χ3n) is 10.0. The maximum atomic E-state index is 2.42. The molecule has 0 atom stereocenters. The van der Waals surface area contributed by atoms with Crippen LogP contribution in [0.3, 0.4) is 0 Å². The largest absolute Gasteiger partial charge is 0.0683 e. The minimum Gasteiger partial charge on any atom is -0.0683 e. The Morgan fingerprint density at radius 2 is 0.957 bits per heavy atom. The lowest BCUT2D eigenvalue weighted by Gasteiger charge is -2.23. The molecule has 1 aliphatic rings. The van der Waals surface area contributed by atoms with Crippen molar-refractivity contribution in [3.05, 3.63) is 156 Å². The Bertz CT molecular complexity index is 2380. The van der Waals surface area contributed by atoms with Gasteiger partial charge in [-0.1, -0.05) is 168 Å². The van der Waals surface area contributed by atoms with E-state index >= 15 is 0 Å². The second-order valence-corrected chi connectivity index (χ2v) is 13.7. The molecule has 0 unspecified atom stereocenters. The molecule has 8 aromatic rings. The molecule has 47 heavy (non-hydrogen) atoms. The molecule has 0 heterocycles. The fraction of sp³-hybridized carbons (Fsp3) is 0.149. The monoisotopic (exact) mass is 604 g/mol. The van der Waals surface area contributed by atoms with Gasteiger partial charge in [0.2, 0.25) is 0 Å². The normalized spacial score (nSPS) is 12.3. The van der Waals surface area contributed by atoms with E-state index in [-0.39, 0.29) is 5.41 Å². The molecule has 1 aliphatic carbocycles. The molecule has 0 bridgehead atoms. The summed E-state index contributed by atoms with van der Waals surface area (Å²) in [7, 11) is 0. The highest BCUT2D eigenvalue weighted by Crippen LogP contribution is 2.46. The topological polar surface area (TPSA) is 0 Å². The highest BCUT2D eigenvalue weighted by Gasteiger charge is 2.22. The van der Waals surface area contributed by atoms with E-state index in [4.69, 9.17) is 0 Å². The number of fused-ring (bicyclic) bond motifs is 3. The fourth-order valence-corrected chi connectivity index (χ4v) is 7.70. The van der Waals surface area contributed by atoms with Crippen LogP contribution in [-0.4, -0.2) is 0 Å². The molecule has 0 saturated carbocycles. The van der Waals surface area contributed by atoms with Crippen molar-refractivity contribution in [3.63, 3.8) is 0 Å². The van der Waals surface area contributed by atoms with Crippen molar-refractivity contribution in [2.75, 3.05) is 0 Å². The Balaban J connectivity index is 0.00000159. The second kappa shape index (κ2) is 11.2. The van der Waals surface area contributed by atoms with Crippen molar-refractivity contribution >= 4 is 32.3 Å². The van der Waals surface area contributed by atoms with E-state index < -0.39 is 0 Å². The van der Waals surface area contributed by atoms with Crippen molar-refractivity contribution in [1.82, 2.24) is 0 Å². The van der Waals surface area contributed by atoms with E-state index in [1.807, 2.05) is 13.8 Å². The summed E-state index contributed by atoms with van der Waals surface area (Å²) in [5, 5.41) is 8.01. The van der Waals surface area contributed by atoms with Crippen molar-refractivity contribution < 1.29 is 0 Å². The Hall–Kier alpha value is -5.20. The molecule has 0 nitrogen and oxygen atoms in total. The van der Waals surface area contributed by atoms with E-state index in [2.05, 4.69) is 160 Å². The standard InChI is InChI=1S/C45H34.C2H6/c1-45(2,3)34-24-32-20-22-38-40(28-10-5-4-6-11-28)27-41(39-23-21-33(25-34)43(32)44(38)39)30-18-16-29(17-19-30)35-14-9-15-37-36-13-8-7-12-31(36)26-42(35)37;1-2/h4-25,27H,26H2,1-3H3;1-2H3. The van der Waals surface area contributed by atoms with E-state index in [0.717, 1.165) is 6.42 Å². The molecule has 0 aromatic heterocycles. The average molecular weight is 605 g/mol. The quantitative estimate of drug-likeness (QED) is 0.176. The Morgan fingerprint density at radius 1 is 0.426 bits per heavy atom.